The van der Waals surface area contributed by atoms with E-state index in [1.54, 1.807) is 14.0 Å². The Morgan fingerprint density at radius 1 is 1.04 bits per heavy atom. The Labute approximate surface area is 144 Å². The first-order valence-corrected chi connectivity index (χ1v) is 10.3. The molecule has 0 unspecified atom stereocenters. The summed E-state index contributed by atoms with van der Waals surface area (Å²) in [5.74, 6) is -0.947. The van der Waals surface area contributed by atoms with Crippen LogP contribution in [0.25, 0.3) is 0 Å². The van der Waals surface area contributed by atoms with Crippen LogP contribution in [0, 0.1) is 11.8 Å². The molecule has 2 aliphatic rings. The molecule has 0 bridgehead atoms. The molecule has 1 amide bonds. The largest absolute Gasteiger partial charge is 0.481 e. The van der Waals surface area contributed by atoms with Crippen LogP contribution in [-0.2, 0) is 19.6 Å². The molecule has 138 valence electrons. The Bertz CT molecular complexity index is 561. The first-order valence-electron chi connectivity index (χ1n) is 8.73. The van der Waals surface area contributed by atoms with Crippen molar-refractivity contribution in [3.63, 3.8) is 0 Å². The van der Waals surface area contributed by atoms with Gasteiger partial charge >= 0.3 is 5.97 Å². The molecule has 1 saturated carbocycles. The first kappa shape index (κ1) is 19.2. The topological polar surface area (TPSA) is 95.0 Å². The molecule has 1 saturated heterocycles. The molecule has 2 fully saturated rings. The molecule has 2 rings (SSSR count). The molecule has 0 aromatic heterocycles. The van der Waals surface area contributed by atoms with Crippen LogP contribution in [0.15, 0.2) is 0 Å². The highest BCUT2D eigenvalue weighted by atomic mass is 32.2. The average molecular weight is 360 g/mol. The van der Waals surface area contributed by atoms with Crippen LogP contribution < -0.4 is 0 Å². The summed E-state index contributed by atoms with van der Waals surface area (Å²) in [7, 11) is -1.58. The lowest BCUT2D eigenvalue weighted by Crippen LogP contribution is -2.49. The zero-order valence-electron chi connectivity index (χ0n) is 14.5. The molecule has 24 heavy (non-hydrogen) atoms. The SMILES string of the molecule is CCS(=O)(=O)N(C)C1CCN(C(=O)C2CCC(C(=O)O)CC2)CC1. The molecule has 0 aromatic rings. The van der Waals surface area contributed by atoms with Gasteiger partial charge in [-0.15, -0.1) is 0 Å². The molecule has 0 atom stereocenters. The Hall–Kier alpha value is -1.15. The molecule has 0 radical (unpaired) electrons. The summed E-state index contributed by atoms with van der Waals surface area (Å²) in [6, 6.07) is -0.0400. The van der Waals surface area contributed by atoms with E-state index in [0.29, 0.717) is 51.6 Å². The average Bonchev–Trinajstić information content (AvgIpc) is 2.60. The Balaban J connectivity index is 1.84. The van der Waals surface area contributed by atoms with Crippen molar-refractivity contribution in [3.8, 4) is 0 Å². The Morgan fingerprint density at radius 3 is 2.00 bits per heavy atom. The summed E-state index contributed by atoms with van der Waals surface area (Å²) < 4.78 is 25.3. The lowest BCUT2D eigenvalue weighted by Gasteiger charge is -2.38. The van der Waals surface area contributed by atoms with Gasteiger partial charge in [0.2, 0.25) is 15.9 Å². The Kier molecular flexibility index (Phi) is 6.25. The lowest BCUT2D eigenvalue weighted by atomic mass is 9.81. The predicted octanol–water partition coefficient (Wildman–Crippen LogP) is 1.15. The summed E-state index contributed by atoms with van der Waals surface area (Å²) >= 11 is 0. The standard InChI is InChI=1S/C16H28N2O5S/c1-3-24(22,23)17(2)14-8-10-18(11-9-14)15(19)12-4-6-13(7-5-12)16(20)21/h12-14H,3-11H2,1-2H3,(H,20,21). The van der Waals surface area contributed by atoms with E-state index in [2.05, 4.69) is 0 Å². The monoisotopic (exact) mass is 360 g/mol. The molecule has 0 aromatic carbocycles. The highest BCUT2D eigenvalue weighted by Crippen LogP contribution is 2.31. The summed E-state index contributed by atoms with van der Waals surface area (Å²) in [5.41, 5.74) is 0. The van der Waals surface area contributed by atoms with Crippen LogP contribution in [-0.4, -0.2) is 66.5 Å². The van der Waals surface area contributed by atoms with E-state index in [-0.39, 0.29) is 29.5 Å². The van der Waals surface area contributed by atoms with Crippen molar-refractivity contribution >= 4 is 21.9 Å². The molecule has 1 N–H and O–H groups in total. The van der Waals surface area contributed by atoms with Gasteiger partial charge in [-0.2, -0.15) is 0 Å². The van der Waals surface area contributed by atoms with E-state index < -0.39 is 16.0 Å². The number of carbonyl (C=O) groups excluding carboxylic acids is 1. The summed E-state index contributed by atoms with van der Waals surface area (Å²) in [6.07, 6.45) is 3.73. The van der Waals surface area contributed by atoms with Gasteiger partial charge in [0.1, 0.15) is 0 Å². The van der Waals surface area contributed by atoms with E-state index in [4.69, 9.17) is 5.11 Å². The van der Waals surface area contributed by atoms with Crippen LogP contribution in [0.2, 0.25) is 0 Å². The molecule has 0 spiro atoms. The van der Waals surface area contributed by atoms with Crippen molar-refractivity contribution in [2.45, 2.75) is 51.5 Å². The van der Waals surface area contributed by atoms with Gasteiger partial charge in [0.25, 0.3) is 0 Å². The van der Waals surface area contributed by atoms with Crippen LogP contribution in [0.3, 0.4) is 0 Å². The van der Waals surface area contributed by atoms with Gasteiger partial charge in [-0.1, -0.05) is 0 Å². The number of piperidine rings is 1. The smallest absolute Gasteiger partial charge is 0.306 e. The molecule has 1 aliphatic carbocycles. The number of carboxylic acids is 1. The summed E-state index contributed by atoms with van der Waals surface area (Å²) in [5, 5.41) is 9.03. The molecule has 1 aliphatic heterocycles. The fourth-order valence-corrected chi connectivity index (χ4v) is 4.80. The minimum absolute atomic E-state index is 0.0400. The number of amides is 1. The number of nitrogens with zero attached hydrogens (tertiary/aromatic N) is 2. The van der Waals surface area contributed by atoms with Gasteiger partial charge in [0, 0.05) is 32.1 Å². The molecule has 8 heteroatoms. The zero-order chi connectivity index (χ0) is 17.9. The number of aliphatic carboxylic acids is 1. The lowest BCUT2D eigenvalue weighted by molar-refractivity contribution is -0.146. The number of likely N-dealkylation sites (tertiary alicyclic amines) is 1. The molecular weight excluding hydrogens is 332 g/mol. The maximum atomic E-state index is 12.6. The van der Waals surface area contributed by atoms with Crippen molar-refractivity contribution < 1.29 is 23.1 Å². The summed E-state index contributed by atoms with van der Waals surface area (Å²) in [6.45, 7) is 2.79. The maximum absolute atomic E-state index is 12.6. The van der Waals surface area contributed by atoms with E-state index in [1.807, 2.05) is 4.90 Å². The highest BCUT2D eigenvalue weighted by molar-refractivity contribution is 7.89. The van der Waals surface area contributed by atoms with Gasteiger partial charge in [0.15, 0.2) is 0 Å². The maximum Gasteiger partial charge on any atom is 0.306 e. The van der Waals surface area contributed by atoms with Crippen molar-refractivity contribution in [3.05, 3.63) is 0 Å². The van der Waals surface area contributed by atoms with E-state index in [0.717, 1.165) is 0 Å². The minimum Gasteiger partial charge on any atom is -0.481 e. The second-order valence-electron chi connectivity index (χ2n) is 6.86. The number of rotatable bonds is 5. The van der Waals surface area contributed by atoms with Crippen molar-refractivity contribution in [1.29, 1.82) is 0 Å². The number of hydrogen-bond donors (Lipinski definition) is 1. The van der Waals surface area contributed by atoms with Gasteiger partial charge in [0.05, 0.1) is 11.7 Å². The number of carbonyl (C=O) groups is 2. The number of hydrogen-bond acceptors (Lipinski definition) is 4. The van der Waals surface area contributed by atoms with Gasteiger partial charge in [-0.05, 0) is 45.4 Å². The van der Waals surface area contributed by atoms with Gasteiger partial charge in [-0.25, -0.2) is 12.7 Å². The normalized spacial score (nSPS) is 26.5. The third-order valence-electron chi connectivity index (χ3n) is 5.52. The second kappa shape index (κ2) is 7.82. The third-order valence-corrected chi connectivity index (χ3v) is 7.42. The second-order valence-corrected chi connectivity index (χ2v) is 9.18. The van der Waals surface area contributed by atoms with Crippen molar-refractivity contribution in [1.82, 2.24) is 9.21 Å². The number of carboxylic acid groups (broad SMARTS) is 1. The fourth-order valence-electron chi connectivity index (χ4n) is 3.73. The van der Waals surface area contributed by atoms with Crippen LogP contribution in [0.1, 0.15) is 45.4 Å². The van der Waals surface area contributed by atoms with Crippen LogP contribution >= 0.6 is 0 Å². The predicted molar refractivity (Wildman–Crippen MR) is 89.9 cm³/mol. The van der Waals surface area contributed by atoms with E-state index in [9.17, 15) is 18.0 Å². The van der Waals surface area contributed by atoms with Crippen molar-refractivity contribution in [2.24, 2.45) is 11.8 Å². The minimum atomic E-state index is -3.20. The molecule has 1 heterocycles. The first-order chi connectivity index (χ1) is 11.3. The summed E-state index contributed by atoms with van der Waals surface area (Å²) in [4.78, 5) is 25.4. The Morgan fingerprint density at radius 2 is 1.54 bits per heavy atom. The fraction of sp³-hybridized carbons (Fsp3) is 0.875. The quantitative estimate of drug-likeness (QED) is 0.793. The highest BCUT2D eigenvalue weighted by Gasteiger charge is 2.35. The van der Waals surface area contributed by atoms with Crippen LogP contribution in [0.5, 0.6) is 0 Å². The van der Waals surface area contributed by atoms with Gasteiger partial charge < -0.3 is 10.0 Å². The molecule has 7 nitrogen and oxygen atoms in total. The van der Waals surface area contributed by atoms with Crippen molar-refractivity contribution in [2.75, 3.05) is 25.9 Å². The number of sulfonamides is 1. The van der Waals surface area contributed by atoms with Crippen LogP contribution in [0.4, 0.5) is 0 Å². The third kappa shape index (κ3) is 4.27. The molecular formula is C16H28N2O5S. The zero-order valence-corrected chi connectivity index (χ0v) is 15.3. The van der Waals surface area contributed by atoms with E-state index >= 15 is 0 Å². The van der Waals surface area contributed by atoms with Gasteiger partial charge in [-0.3, -0.25) is 9.59 Å². The van der Waals surface area contributed by atoms with E-state index in [1.165, 1.54) is 4.31 Å².